The number of piperazine rings is 1. The third-order valence-electron chi connectivity index (χ3n) is 4.93. The number of halogens is 3. The second-order valence-electron chi connectivity index (χ2n) is 7.38. The number of rotatable bonds is 5. The Morgan fingerprint density at radius 3 is 1.97 bits per heavy atom. The average molecular weight is 488 g/mol. The van der Waals surface area contributed by atoms with Gasteiger partial charge in [-0.3, -0.25) is 0 Å². The molecule has 1 aromatic carbocycles. The highest BCUT2D eigenvalue weighted by Gasteiger charge is 2.40. The minimum Gasteiger partial charge on any atom is -0.404 e. The van der Waals surface area contributed by atoms with E-state index < -0.39 is 37.2 Å². The van der Waals surface area contributed by atoms with Gasteiger partial charge in [0.15, 0.2) is 0 Å². The molecule has 176 valence electrons. The lowest BCUT2D eigenvalue weighted by Gasteiger charge is -2.40. The van der Waals surface area contributed by atoms with Crippen molar-refractivity contribution in [2.75, 3.05) is 39.3 Å². The molecule has 2 atom stereocenters. The molecule has 1 aromatic rings. The van der Waals surface area contributed by atoms with Crippen molar-refractivity contribution in [3.8, 4) is 5.75 Å². The Bertz CT molecular complexity index is 985. The van der Waals surface area contributed by atoms with E-state index in [9.17, 15) is 30.0 Å². The molecule has 2 fully saturated rings. The molecule has 0 bridgehead atoms. The molecule has 31 heavy (non-hydrogen) atoms. The third kappa shape index (κ3) is 5.49. The fourth-order valence-corrected chi connectivity index (χ4v) is 6.92. The predicted octanol–water partition coefficient (Wildman–Crippen LogP) is 1.25. The maximum Gasteiger partial charge on any atom is 0.573 e. The van der Waals surface area contributed by atoms with Crippen LogP contribution < -0.4 is 4.74 Å². The van der Waals surface area contributed by atoms with E-state index in [2.05, 4.69) is 4.74 Å². The number of nitrogens with zero attached hydrogens (tertiary/aromatic N) is 3. The quantitative estimate of drug-likeness (QED) is 0.620. The maximum atomic E-state index is 13.0. The van der Waals surface area contributed by atoms with Crippen LogP contribution in [0.15, 0.2) is 29.2 Å². The number of hydrogen-bond donors (Lipinski definition) is 0. The van der Waals surface area contributed by atoms with Crippen LogP contribution in [0, 0.1) is 0 Å². The van der Waals surface area contributed by atoms with Crippen LogP contribution in [-0.4, -0.2) is 87.6 Å². The Kier molecular flexibility index (Phi) is 6.89. The van der Waals surface area contributed by atoms with E-state index in [4.69, 9.17) is 4.74 Å². The summed E-state index contributed by atoms with van der Waals surface area (Å²) < 4.78 is 103. The van der Waals surface area contributed by atoms with E-state index in [0.717, 1.165) is 16.4 Å². The van der Waals surface area contributed by atoms with Crippen molar-refractivity contribution in [1.82, 2.24) is 12.9 Å². The zero-order chi connectivity index (χ0) is 23.0. The van der Waals surface area contributed by atoms with E-state index in [1.807, 2.05) is 0 Å². The molecule has 2 aliphatic heterocycles. The van der Waals surface area contributed by atoms with Gasteiger partial charge in [-0.1, -0.05) is 12.1 Å². The third-order valence-corrected chi connectivity index (χ3v) is 8.84. The highest BCUT2D eigenvalue weighted by atomic mass is 32.2. The zero-order valence-corrected chi connectivity index (χ0v) is 18.6. The highest BCUT2D eigenvalue weighted by Crippen LogP contribution is 2.32. The summed E-state index contributed by atoms with van der Waals surface area (Å²) in [6.07, 6.45) is -5.60. The molecule has 0 radical (unpaired) electrons. The van der Waals surface area contributed by atoms with Gasteiger partial charge < -0.3 is 9.47 Å². The molecule has 0 N–H and O–H groups in total. The first kappa shape index (κ1) is 24.2. The van der Waals surface area contributed by atoms with Crippen molar-refractivity contribution in [2.45, 2.75) is 37.3 Å². The van der Waals surface area contributed by atoms with Gasteiger partial charge in [-0.2, -0.15) is 21.3 Å². The van der Waals surface area contributed by atoms with Gasteiger partial charge in [0.2, 0.25) is 10.0 Å². The lowest BCUT2D eigenvalue weighted by Crippen LogP contribution is -2.57. The number of para-hydroxylation sites is 1. The molecule has 0 saturated carbocycles. The zero-order valence-electron chi connectivity index (χ0n) is 16.9. The van der Waals surface area contributed by atoms with Crippen LogP contribution in [0.3, 0.4) is 0 Å². The lowest BCUT2D eigenvalue weighted by atomic mass is 10.3. The molecule has 2 heterocycles. The molecule has 0 aliphatic carbocycles. The topological polar surface area (TPSA) is 96.5 Å². The summed E-state index contributed by atoms with van der Waals surface area (Å²) in [6, 6.07) is 4.46. The number of benzene rings is 1. The van der Waals surface area contributed by atoms with Gasteiger partial charge in [0, 0.05) is 39.3 Å². The van der Waals surface area contributed by atoms with E-state index in [0.29, 0.717) is 0 Å². The summed E-state index contributed by atoms with van der Waals surface area (Å²) in [5, 5.41) is 0. The first-order chi connectivity index (χ1) is 14.3. The van der Waals surface area contributed by atoms with Crippen molar-refractivity contribution < 1.29 is 39.5 Å². The second kappa shape index (κ2) is 8.83. The average Bonchev–Trinajstić information content (AvgIpc) is 2.66. The van der Waals surface area contributed by atoms with Crippen molar-refractivity contribution in [1.29, 1.82) is 0 Å². The Morgan fingerprint density at radius 2 is 1.42 bits per heavy atom. The van der Waals surface area contributed by atoms with Gasteiger partial charge in [0.25, 0.3) is 10.2 Å². The minimum atomic E-state index is -5.05. The number of ether oxygens (including phenoxy) is 2. The summed E-state index contributed by atoms with van der Waals surface area (Å²) in [4.78, 5) is -0.625. The molecule has 0 amide bonds. The van der Waals surface area contributed by atoms with Crippen LogP contribution in [0.1, 0.15) is 13.8 Å². The molecule has 2 saturated heterocycles. The Labute approximate surface area is 179 Å². The Hall–Kier alpha value is -1.45. The smallest absolute Gasteiger partial charge is 0.404 e. The van der Waals surface area contributed by atoms with Gasteiger partial charge in [-0.05, 0) is 26.0 Å². The van der Waals surface area contributed by atoms with E-state index >= 15 is 0 Å². The molecule has 2 unspecified atom stereocenters. The molecule has 14 heteroatoms. The molecule has 0 spiro atoms. The van der Waals surface area contributed by atoms with Gasteiger partial charge in [-0.15, -0.1) is 13.2 Å². The lowest BCUT2D eigenvalue weighted by molar-refractivity contribution is -0.275. The number of alkyl halides is 3. The van der Waals surface area contributed by atoms with E-state index in [-0.39, 0.29) is 51.5 Å². The number of sulfonamides is 1. The second-order valence-corrected chi connectivity index (χ2v) is 11.2. The molecular formula is C17H24F3N3O6S2. The van der Waals surface area contributed by atoms with Crippen molar-refractivity contribution in [2.24, 2.45) is 0 Å². The van der Waals surface area contributed by atoms with E-state index in [1.54, 1.807) is 13.8 Å². The normalized spacial score (nSPS) is 25.5. The first-order valence-electron chi connectivity index (χ1n) is 9.56. The van der Waals surface area contributed by atoms with E-state index in [1.165, 1.54) is 20.7 Å². The predicted molar refractivity (Wildman–Crippen MR) is 104 cm³/mol. The van der Waals surface area contributed by atoms with Crippen LogP contribution in [0.5, 0.6) is 5.75 Å². The Morgan fingerprint density at radius 1 is 0.903 bits per heavy atom. The van der Waals surface area contributed by atoms with Gasteiger partial charge in [0.05, 0.1) is 12.2 Å². The monoisotopic (exact) mass is 487 g/mol. The summed E-state index contributed by atoms with van der Waals surface area (Å²) in [7, 11) is -8.15. The van der Waals surface area contributed by atoms with Crippen LogP contribution in [0.2, 0.25) is 0 Å². The highest BCUT2D eigenvalue weighted by molar-refractivity contribution is 7.89. The van der Waals surface area contributed by atoms with Crippen LogP contribution >= 0.6 is 0 Å². The van der Waals surface area contributed by atoms with Crippen LogP contribution in [0.25, 0.3) is 0 Å². The maximum absolute atomic E-state index is 13.0. The van der Waals surface area contributed by atoms with Gasteiger partial charge in [0.1, 0.15) is 10.6 Å². The Balaban J connectivity index is 1.74. The number of hydrogen-bond acceptors (Lipinski definition) is 6. The van der Waals surface area contributed by atoms with Crippen LogP contribution in [-0.2, 0) is 25.0 Å². The summed E-state index contributed by atoms with van der Waals surface area (Å²) in [5.41, 5.74) is 0. The fourth-order valence-electron chi connectivity index (χ4n) is 3.63. The van der Waals surface area contributed by atoms with Crippen molar-refractivity contribution in [3.63, 3.8) is 0 Å². The molecule has 9 nitrogen and oxygen atoms in total. The summed E-state index contributed by atoms with van der Waals surface area (Å²) >= 11 is 0. The molecular weight excluding hydrogens is 463 g/mol. The van der Waals surface area contributed by atoms with Crippen LogP contribution in [0.4, 0.5) is 13.2 Å². The molecule has 2 aliphatic rings. The standard InChI is InChI=1S/C17H24F3N3O6S2/c1-13-11-23(12-14(2)28-13)31(26,27)22-9-7-21(8-10-22)30(24,25)16-6-4-3-5-15(16)29-17(18,19)20/h3-6,13-14H,7-12H2,1-2H3. The first-order valence-corrected chi connectivity index (χ1v) is 12.4. The van der Waals surface area contributed by atoms with Gasteiger partial charge >= 0.3 is 6.36 Å². The summed E-state index contributed by atoms with van der Waals surface area (Å²) in [6.45, 7) is 3.27. The van der Waals surface area contributed by atoms with Crippen molar-refractivity contribution in [3.05, 3.63) is 24.3 Å². The minimum absolute atomic E-state index is 0.121. The molecule has 3 rings (SSSR count). The molecule has 0 aromatic heterocycles. The van der Waals surface area contributed by atoms with Gasteiger partial charge in [-0.25, -0.2) is 8.42 Å². The SMILES string of the molecule is CC1CN(S(=O)(=O)N2CCN(S(=O)(=O)c3ccccc3OC(F)(F)F)CC2)CC(C)O1. The van der Waals surface area contributed by atoms with Crippen molar-refractivity contribution >= 4 is 20.2 Å². The summed E-state index contributed by atoms with van der Waals surface area (Å²) in [5.74, 6) is -0.832. The fraction of sp³-hybridized carbons (Fsp3) is 0.647. The number of morpholine rings is 1. The largest absolute Gasteiger partial charge is 0.573 e.